The summed E-state index contributed by atoms with van der Waals surface area (Å²) in [6.07, 6.45) is 4.82. The molecule has 0 saturated heterocycles. The van der Waals surface area contributed by atoms with Crippen molar-refractivity contribution in [1.29, 1.82) is 0 Å². The van der Waals surface area contributed by atoms with Crippen LogP contribution in [0.4, 0.5) is 0 Å². The summed E-state index contributed by atoms with van der Waals surface area (Å²) in [5, 5.41) is 0. The SMILES string of the molecule is C=C1C[C@]2(COCc3ccccc3)CC[C@H]1C[C@H]2COCc1ccccc1. The number of hydrogen-bond donors (Lipinski definition) is 0. The van der Waals surface area contributed by atoms with Gasteiger partial charge in [-0.1, -0.05) is 72.8 Å². The predicted molar refractivity (Wildman–Crippen MR) is 109 cm³/mol. The maximum absolute atomic E-state index is 6.22. The number of rotatable bonds is 8. The van der Waals surface area contributed by atoms with Crippen LogP contribution < -0.4 is 0 Å². The van der Waals surface area contributed by atoms with E-state index in [9.17, 15) is 0 Å². The fraction of sp³-hybridized carbons (Fsp3) is 0.440. The lowest BCUT2D eigenvalue weighted by molar-refractivity contribution is -0.0845. The quantitative estimate of drug-likeness (QED) is 0.554. The van der Waals surface area contributed by atoms with Gasteiger partial charge in [0.15, 0.2) is 0 Å². The van der Waals surface area contributed by atoms with Crippen molar-refractivity contribution in [2.45, 2.75) is 38.9 Å². The van der Waals surface area contributed by atoms with Crippen LogP contribution in [-0.2, 0) is 22.7 Å². The minimum Gasteiger partial charge on any atom is -0.376 e. The predicted octanol–water partition coefficient (Wildman–Crippen LogP) is 5.78. The molecular weight excluding hydrogens is 332 g/mol. The third kappa shape index (κ3) is 4.34. The first-order valence-corrected chi connectivity index (χ1v) is 10.2. The molecule has 2 bridgehead atoms. The average Bonchev–Trinajstić information content (AvgIpc) is 2.71. The summed E-state index contributed by atoms with van der Waals surface area (Å²) in [7, 11) is 0. The van der Waals surface area contributed by atoms with Crippen molar-refractivity contribution in [2.24, 2.45) is 17.3 Å². The van der Waals surface area contributed by atoms with Crippen LogP contribution >= 0.6 is 0 Å². The van der Waals surface area contributed by atoms with Crippen LogP contribution in [0.3, 0.4) is 0 Å². The molecule has 0 unspecified atom stereocenters. The molecule has 3 saturated carbocycles. The third-order valence-corrected chi connectivity index (χ3v) is 6.51. The molecule has 0 aromatic heterocycles. The molecule has 2 nitrogen and oxygen atoms in total. The van der Waals surface area contributed by atoms with E-state index in [-0.39, 0.29) is 5.41 Å². The molecule has 0 heterocycles. The van der Waals surface area contributed by atoms with Gasteiger partial charge in [-0.3, -0.25) is 0 Å². The van der Waals surface area contributed by atoms with Gasteiger partial charge in [0.2, 0.25) is 0 Å². The van der Waals surface area contributed by atoms with Crippen molar-refractivity contribution in [3.8, 4) is 0 Å². The van der Waals surface area contributed by atoms with Crippen LogP contribution in [0.1, 0.15) is 36.8 Å². The minimum atomic E-state index is 0.206. The monoisotopic (exact) mass is 362 g/mol. The topological polar surface area (TPSA) is 18.5 Å². The zero-order valence-electron chi connectivity index (χ0n) is 16.1. The van der Waals surface area contributed by atoms with Crippen LogP contribution in [0.5, 0.6) is 0 Å². The molecule has 3 fully saturated rings. The van der Waals surface area contributed by atoms with Gasteiger partial charge in [0.25, 0.3) is 0 Å². The van der Waals surface area contributed by atoms with Crippen molar-refractivity contribution in [3.05, 3.63) is 83.9 Å². The molecule has 3 atom stereocenters. The highest BCUT2D eigenvalue weighted by Crippen LogP contribution is 2.56. The van der Waals surface area contributed by atoms with E-state index >= 15 is 0 Å². The first-order chi connectivity index (χ1) is 13.3. The Morgan fingerprint density at radius 3 is 2.15 bits per heavy atom. The largest absolute Gasteiger partial charge is 0.376 e. The number of ether oxygens (including phenoxy) is 2. The van der Waals surface area contributed by atoms with E-state index in [1.807, 2.05) is 6.07 Å². The second-order valence-electron chi connectivity index (χ2n) is 8.34. The first-order valence-electron chi connectivity index (χ1n) is 10.2. The molecule has 0 amide bonds. The zero-order valence-corrected chi connectivity index (χ0v) is 16.1. The smallest absolute Gasteiger partial charge is 0.0717 e. The van der Waals surface area contributed by atoms with Gasteiger partial charge >= 0.3 is 0 Å². The number of allylic oxidation sites excluding steroid dienone is 1. The normalized spacial score (nSPS) is 27.0. The first kappa shape index (κ1) is 18.5. The van der Waals surface area contributed by atoms with Gasteiger partial charge in [0, 0.05) is 5.41 Å². The summed E-state index contributed by atoms with van der Waals surface area (Å²) in [6, 6.07) is 20.9. The lowest BCUT2D eigenvalue weighted by Crippen LogP contribution is -2.47. The molecule has 5 rings (SSSR count). The van der Waals surface area contributed by atoms with Gasteiger partial charge in [-0.25, -0.2) is 0 Å². The minimum absolute atomic E-state index is 0.206. The standard InChI is InChI=1S/C25H30O2/c1-20-15-25(19-27-17-22-10-6-3-7-11-22)13-12-23(20)14-24(25)18-26-16-21-8-4-2-5-9-21/h2-11,23-24H,1,12-19H2/t23-,24-,25-/m0/s1. The Kier molecular flexibility index (Phi) is 5.75. The van der Waals surface area contributed by atoms with E-state index in [2.05, 4.69) is 61.2 Å². The Bertz CT molecular complexity index is 739. The summed E-state index contributed by atoms with van der Waals surface area (Å²) in [5.41, 5.74) is 4.13. The van der Waals surface area contributed by atoms with Crippen molar-refractivity contribution in [3.63, 3.8) is 0 Å². The van der Waals surface area contributed by atoms with Crippen molar-refractivity contribution in [2.75, 3.05) is 13.2 Å². The van der Waals surface area contributed by atoms with Gasteiger partial charge in [0.1, 0.15) is 0 Å². The molecule has 0 aliphatic heterocycles. The molecule has 2 aromatic carbocycles. The maximum atomic E-state index is 6.22. The van der Waals surface area contributed by atoms with Gasteiger partial charge in [-0.2, -0.15) is 0 Å². The molecule has 2 aromatic rings. The number of fused-ring (bicyclic) bond motifs is 3. The summed E-state index contributed by atoms with van der Waals surface area (Å²) >= 11 is 0. The molecule has 0 N–H and O–H groups in total. The highest BCUT2D eigenvalue weighted by molar-refractivity contribution is 5.17. The molecule has 0 radical (unpaired) electrons. The number of hydrogen-bond acceptors (Lipinski definition) is 2. The summed E-state index contributed by atoms with van der Waals surface area (Å²) in [5.74, 6) is 1.26. The lowest BCUT2D eigenvalue weighted by atomic mass is 9.54. The van der Waals surface area contributed by atoms with E-state index in [0.717, 1.165) is 19.6 Å². The molecule has 3 aliphatic carbocycles. The Balaban J connectivity index is 1.36. The second kappa shape index (κ2) is 8.41. The van der Waals surface area contributed by atoms with E-state index < -0.39 is 0 Å². The van der Waals surface area contributed by atoms with Crippen molar-refractivity contribution in [1.82, 2.24) is 0 Å². The highest BCUT2D eigenvalue weighted by Gasteiger charge is 2.49. The molecular formula is C25H30O2. The van der Waals surface area contributed by atoms with Gasteiger partial charge in [0.05, 0.1) is 26.4 Å². The van der Waals surface area contributed by atoms with Crippen molar-refractivity contribution < 1.29 is 9.47 Å². The Morgan fingerprint density at radius 1 is 0.889 bits per heavy atom. The van der Waals surface area contributed by atoms with Crippen LogP contribution in [0.2, 0.25) is 0 Å². The number of benzene rings is 2. The molecule has 142 valence electrons. The van der Waals surface area contributed by atoms with Crippen LogP contribution in [0.15, 0.2) is 72.8 Å². The Labute approximate surface area is 163 Å². The van der Waals surface area contributed by atoms with E-state index in [4.69, 9.17) is 9.47 Å². The lowest BCUT2D eigenvalue weighted by Gasteiger charge is -2.53. The van der Waals surface area contributed by atoms with Gasteiger partial charge in [-0.05, 0) is 48.6 Å². The van der Waals surface area contributed by atoms with Crippen molar-refractivity contribution >= 4 is 0 Å². The third-order valence-electron chi connectivity index (χ3n) is 6.51. The van der Waals surface area contributed by atoms with E-state index in [0.29, 0.717) is 25.0 Å². The summed E-state index contributed by atoms with van der Waals surface area (Å²) in [6.45, 7) is 7.40. The molecule has 0 spiro atoms. The second-order valence-corrected chi connectivity index (χ2v) is 8.34. The Hall–Kier alpha value is -1.90. The Morgan fingerprint density at radius 2 is 1.52 bits per heavy atom. The van der Waals surface area contributed by atoms with Crippen LogP contribution in [-0.4, -0.2) is 13.2 Å². The summed E-state index contributed by atoms with van der Waals surface area (Å²) in [4.78, 5) is 0. The van der Waals surface area contributed by atoms with E-state index in [1.165, 1.54) is 36.0 Å². The summed E-state index contributed by atoms with van der Waals surface area (Å²) < 4.78 is 12.4. The maximum Gasteiger partial charge on any atom is 0.0717 e. The highest BCUT2D eigenvalue weighted by atomic mass is 16.5. The molecule has 2 heteroatoms. The van der Waals surface area contributed by atoms with Gasteiger partial charge < -0.3 is 9.47 Å². The molecule has 3 aliphatic rings. The van der Waals surface area contributed by atoms with Crippen LogP contribution in [0, 0.1) is 17.3 Å². The molecule has 27 heavy (non-hydrogen) atoms. The van der Waals surface area contributed by atoms with Crippen LogP contribution in [0.25, 0.3) is 0 Å². The zero-order chi connectivity index (χ0) is 18.5. The fourth-order valence-electron chi connectivity index (χ4n) is 4.90. The van der Waals surface area contributed by atoms with Gasteiger partial charge in [-0.15, -0.1) is 0 Å². The van der Waals surface area contributed by atoms with E-state index in [1.54, 1.807) is 0 Å². The fourth-order valence-corrected chi connectivity index (χ4v) is 4.90. The average molecular weight is 363 g/mol.